The molecule has 0 aliphatic heterocycles. The Labute approximate surface area is 74.5 Å². The number of fused-ring (bicyclic) bond motifs is 1. The molecule has 0 unspecified atom stereocenters. The molecule has 0 radical (unpaired) electrons. The fourth-order valence-corrected chi connectivity index (χ4v) is 1.31. The first-order valence-electron chi connectivity index (χ1n) is 3.84. The van der Waals surface area contributed by atoms with Crippen molar-refractivity contribution in [1.29, 1.82) is 5.26 Å². The lowest BCUT2D eigenvalue weighted by molar-refractivity contribution is 0.471. The molecule has 1 heterocycles. The number of phenols is 1. The lowest BCUT2D eigenvalue weighted by Gasteiger charge is -1.99. The molecule has 0 spiro atoms. The van der Waals surface area contributed by atoms with Crippen LogP contribution in [0.1, 0.15) is 5.56 Å². The lowest BCUT2D eigenvalue weighted by Crippen LogP contribution is -1.85. The van der Waals surface area contributed by atoms with E-state index in [-0.39, 0.29) is 12.2 Å². The summed E-state index contributed by atoms with van der Waals surface area (Å²) in [5.41, 5.74) is 2.09. The van der Waals surface area contributed by atoms with Crippen LogP contribution in [0.5, 0.6) is 5.75 Å². The van der Waals surface area contributed by atoms with Gasteiger partial charge in [-0.25, -0.2) is 4.98 Å². The number of benzene rings is 1. The Bertz CT molecular complexity index is 481. The van der Waals surface area contributed by atoms with Gasteiger partial charge in [0.05, 0.1) is 29.9 Å². The van der Waals surface area contributed by atoms with Crippen molar-refractivity contribution >= 4 is 11.0 Å². The molecule has 1 aromatic carbocycles. The van der Waals surface area contributed by atoms with E-state index < -0.39 is 0 Å². The molecule has 0 amide bonds. The van der Waals surface area contributed by atoms with Gasteiger partial charge in [-0.05, 0) is 12.1 Å². The zero-order valence-corrected chi connectivity index (χ0v) is 6.78. The third kappa shape index (κ3) is 1.11. The van der Waals surface area contributed by atoms with Crippen LogP contribution in [0.15, 0.2) is 18.5 Å². The molecule has 4 nitrogen and oxygen atoms in total. The number of aromatic hydroxyl groups is 1. The van der Waals surface area contributed by atoms with E-state index in [1.165, 1.54) is 0 Å². The highest BCUT2D eigenvalue weighted by Gasteiger charge is 2.07. The topological polar surface area (TPSA) is 72.7 Å². The fraction of sp³-hybridized carbons (Fsp3) is 0.111. The molecule has 0 atom stereocenters. The van der Waals surface area contributed by atoms with Crippen LogP contribution in [0, 0.1) is 11.3 Å². The van der Waals surface area contributed by atoms with Gasteiger partial charge in [-0.3, -0.25) is 0 Å². The van der Waals surface area contributed by atoms with Crippen LogP contribution >= 0.6 is 0 Å². The maximum Gasteiger partial charge on any atom is 0.122 e. The van der Waals surface area contributed by atoms with Crippen molar-refractivity contribution < 1.29 is 5.11 Å². The summed E-state index contributed by atoms with van der Waals surface area (Å²) in [6, 6.07) is 5.29. The fourth-order valence-electron chi connectivity index (χ4n) is 1.31. The molecule has 0 fully saturated rings. The van der Waals surface area contributed by atoms with Gasteiger partial charge in [0.2, 0.25) is 0 Å². The van der Waals surface area contributed by atoms with Crippen LogP contribution in [-0.4, -0.2) is 15.1 Å². The van der Waals surface area contributed by atoms with E-state index in [1.807, 2.05) is 6.07 Å². The average molecular weight is 173 g/mol. The number of aromatic amines is 1. The summed E-state index contributed by atoms with van der Waals surface area (Å²) in [7, 11) is 0. The third-order valence-corrected chi connectivity index (χ3v) is 1.93. The minimum Gasteiger partial charge on any atom is -0.508 e. The number of nitrogens with one attached hydrogen (secondary N) is 1. The van der Waals surface area contributed by atoms with Crippen LogP contribution in [0.3, 0.4) is 0 Å². The number of nitrogens with zero attached hydrogens (tertiary/aromatic N) is 2. The standard InChI is InChI=1S/C9H7N3O/c10-4-3-6-8(13)2-1-7-9(6)12-5-11-7/h1-2,5,13H,3H2,(H,11,12). The van der Waals surface area contributed by atoms with Gasteiger partial charge in [0, 0.05) is 5.56 Å². The monoisotopic (exact) mass is 173 g/mol. The normalized spacial score (nSPS) is 10.1. The number of imidazole rings is 1. The Kier molecular flexibility index (Phi) is 1.64. The smallest absolute Gasteiger partial charge is 0.122 e. The van der Waals surface area contributed by atoms with E-state index in [4.69, 9.17) is 5.26 Å². The van der Waals surface area contributed by atoms with E-state index in [0.29, 0.717) is 11.1 Å². The molecule has 2 rings (SSSR count). The Morgan fingerprint density at radius 1 is 1.54 bits per heavy atom. The molecule has 2 aromatic rings. The van der Waals surface area contributed by atoms with Crippen LogP contribution in [-0.2, 0) is 6.42 Å². The van der Waals surface area contributed by atoms with Crippen molar-refractivity contribution in [2.75, 3.05) is 0 Å². The molecule has 64 valence electrons. The van der Waals surface area contributed by atoms with Crippen LogP contribution in [0.25, 0.3) is 11.0 Å². The first-order chi connectivity index (χ1) is 6.33. The predicted molar refractivity (Wildman–Crippen MR) is 47.1 cm³/mol. The molecule has 0 saturated heterocycles. The molecule has 0 aliphatic carbocycles. The van der Waals surface area contributed by atoms with E-state index in [9.17, 15) is 5.11 Å². The molecule has 1 aromatic heterocycles. The highest BCUT2D eigenvalue weighted by Crippen LogP contribution is 2.24. The first-order valence-corrected chi connectivity index (χ1v) is 3.84. The number of hydrogen-bond acceptors (Lipinski definition) is 3. The number of H-pyrrole nitrogens is 1. The van der Waals surface area contributed by atoms with E-state index in [2.05, 4.69) is 9.97 Å². The first kappa shape index (κ1) is 7.62. The molecule has 4 heteroatoms. The predicted octanol–water partition coefficient (Wildman–Crippen LogP) is 1.33. The number of aromatic nitrogens is 2. The Morgan fingerprint density at radius 2 is 2.38 bits per heavy atom. The summed E-state index contributed by atoms with van der Waals surface area (Å²) in [5.74, 6) is 0.126. The molecule has 13 heavy (non-hydrogen) atoms. The zero-order chi connectivity index (χ0) is 9.26. The molecule has 0 aliphatic rings. The summed E-state index contributed by atoms with van der Waals surface area (Å²) >= 11 is 0. The zero-order valence-electron chi connectivity index (χ0n) is 6.78. The van der Waals surface area contributed by atoms with Gasteiger partial charge in [0.1, 0.15) is 5.75 Å². The van der Waals surface area contributed by atoms with Crippen molar-refractivity contribution in [3.8, 4) is 11.8 Å². The Balaban J connectivity index is 2.74. The number of hydrogen-bond donors (Lipinski definition) is 2. The molecule has 0 bridgehead atoms. The molecular weight excluding hydrogens is 166 g/mol. The molecular formula is C9H7N3O. The number of nitriles is 1. The molecule has 0 saturated carbocycles. The van der Waals surface area contributed by atoms with Crippen LogP contribution < -0.4 is 0 Å². The lowest BCUT2D eigenvalue weighted by atomic mass is 10.1. The quantitative estimate of drug-likeness (QED) is 0.683. The van der Waals surface area contributed by atoms with E-state index in [0.717, 1.165) is 5.52 Å². The highest BCUT2D eigenvalue weighted by molar-refractivity contribution is 5.81. The Morgan fingerprint density at radius 3 is 3.15 bits per heavy atom. The second-order valence-electron chi connectivity index (χ2n) is 2.70. The largest absolute Gasteiger partial charge is 0.508 e. The summed E-state index contributed by atoms with van der Waals surface area (Å²) in [6.45, 7) is 0. The van der Waals surface area contributed by atoms with Crippen molar-refractivity contribution in [3.05, 3.63) is 24.0 Å². The van der Waals surface area contributed by atoms with E-state index in [1.54, 1.807) is 18.5 Å². The van der Waals surface area contributed by atoms with Gasteiger partial charge < -0.3 is 10.1 Å². The minimum atomic E-state index is 0.126. The SMILES string of the molecule is N#CCc1c(O)ccc2[nH]cnc12. The maximum absolute atomic E-state index is 9.45. The second-order valence-corrected chi connectivity index (χ2v) is 2.70. The van der Waals surface area contributed by atoms with Crippen molar-refractivity contribution in [1.82, 2.24) is 9.97 Å². The van der Waals surface area contributed by atoms with Gasteiger partial charge in [-0.2, -0.15) is 5.26 Å². The van der Waals surface area contributed by atoms with Gasteiger partial charge in [0.15, 0.2) is 0 Å². The summed E-state index contributed by atoms with van der Waals surface area (Å²) < 4.78 is 0. The second kappa shape index (κ2) is 2.79. The van der Waals surface area contributed by atoms with Crippen molar-refractivity contribution in [3.63, 3.8) is 0 Å². The average Bonchev–Trinajstić information content (AvgIpc) is 2.58. The van der Waals surface area contributed by atoms with Gasteiger partial charge in [-0.1, -0.05) is 0 Å². The summed E-state index contributed by atoms with van der Waals surface area (Å²) in [6.07, 6.45) is 1.72. The van der Waals surface area contributed by atoms with Gasteiger partial charge >= 0.3 is 0 Å². The van der Waals surface area contributed by atoms with Crippen molar-refractivity contribution in [2.24, 2.45) is 0 Å². The maximum atomic E-state index is 9.45. The number of phenolic OH excluding ortho intramolecular Hbond substituents is 1. The Hall–Kier alpha value is -2.02. The van der Waals surface area contributed by atoms with Crippen LogP contribution in [0.2, 0.25) is 0 Å². The minimum absolute atomic E-state index is 0.126. The number of rotatable bonds is 1. The van der Waals surface area contributed by atoms with Crippen molar-refractivity contribution in [2.45, 2.75) is 6.42 Å². The van der Waals surface area contributed by atoms with Crippen LogP contribution in [0.4, 0.5) is 0 Å². The van der Waals surface area contributed by atoms with E-state index >= 15 is 0 Å². The summed E-state index contributed by atoms with van der Waals surface area (Å²) in [5, 5.41) is 18.0. The highest BCUT2D eigenvalue weighted by atomic mass is 16.3. The van der Waals surface area contributed by atoms with Gasteiger partial charge in [-0.15, -0.1) is 0 Å². The van der Waals surface area contributed by atoms with Gasteiger partial charge in [0.25, 0.3) is 0 Å². The molecule has 2 N–H and O–H groups in total. The third-order valence-electron chi connectivity index (χ3n) is 1.93. The summed E-state index contributed by atoms with van der Waals surface area (Å²) in [4.78, 5) is 6.95.